The van der Waals surface area contributed by atoms with Crippen molar-refractivity contribution in [2.45, 2.75) is 0 Å². The van der Waals surface area contributed by atoms with E-state index < -0.39 is 166 Å². The second-order valence-electron chi connectivity index (χ2n) is 11.1. The van der Waals surface area contributed by atoms with Gasteiger partial charge in [0, 0.05) is 62.0 Å². The van der Waals surface area contributed by atoms with Crippen molar-refractivity contribution in [3.63, 3.8) is 0 Å². The van der Waals surface area contributed by atoms with Gasteiger partial charge in [-0.3, -0.25) is 9.97 Å². The molecule has 51 heavy (non-hydrogen) atoms. The van der Waals surface area contributed by atoms with Crippen molar-refractivity contribution in [2.75, 3.05) is 4.90 Å². The molecular formula is C47H30N4. The molecule has 0 spiro atoms. The van der Waals surface area contributed by atoms with Gasteiger partial charge in [0.2, 0.25) is 0 Å². The van der Waals surface area contributed by atoms with Gasteiger partial charge in [-0.15, -0.1) is 0 Å². The second-order valence-corrected chi connectivity index (χ2v) is 11.1. The van der Waals surface area contributed by atoms with Crippen LogP contribution in [0.1, 0.15) is 30.2 Å². The number of hydrogen-bond acceptors (Lipinski definition) is 4. The topological polar surface area (TPSA) is 41.9 Å². The van der Waals surface area contributed by atoms with Crippen molar-refractivity contribution in [1.82, 2.24) is 15.0 Å². The fourth-order valence-corrected chi connectivity index (χ4v) is 6.05. The van der Waals surface area contributed by atoms with Crippen LogP contribution in [-0.2, 0) is 0 Å². The maximum absolute atomic E-state index is 9.69. The molecule has 238 valence electrons. The highest BCUT2D eigenvalue weighted by molar-refractivity contribution is 6.23. The molecule has 0 atom stereocenters. The Labute approximate surface area is 325 Å². The molecule has 0 saturated heterocycles. The summed E-state index contributed by atoms with van der Waals surface area (Å²) in [6.45, 7) is 0. The molecule has 0 fully saturated rings. The molecular weight excluding hydrogens is 621 g/mol. The second kappa shape index (κ2) is 11.9. The summed E-state index contributed by atoms with van der Waals surface area (Å²) < 4.78 is 198. The average Bonchev–Trinajstić information content (AvgIpc) is 3.36. The molecule has 7 aromatic carbocycles. The van der Waals surface area contributed by atoms with E-state index in [2.05, 4.69) is 15.0 Å². The first-order valence-corrected chi connectivity index (χ1v) is 15.4. The van der Waals surface area contributed by atoms with Gasteiger partial charge in [-0.2, -0.15) is 0 Å². The van der Waals surface area contributed by atoms with Crippen LogP contribution in [-0.4, -0.2) is 15.0 Å². The SMILES string of the molecule is [2H]c1cc([2H])c(N(c2c([2H])c([2H])c([2H])c([2H])c2[2H])c2c([2H])c([2H])c(-c3nc4cc([2H])c([2H])c([2H])c4c4c3c([2H])c([2H])c3c([2H])c(-c5c([2H])cnc6c5ccc5cccnc56)c([2H])c([2H])c34)c([2H])c2[2H])c([2H])c1[2H]. The zero-order valence-corrected chi connectivity index (χ0v) is 25.9. The molecule has 10 rings (SSSR count). The van der Waals surface area contributed by atoms with E-state index in [0.717, 1.165) is 12.1 Å². The Morgan fingerprint density at radius 3 is 2.14 bits per heavy atom. The van der Waals surface area contributed by atoms with Gasteiger partial charge >= 0.3 is 0 Å². The molecule has 0 saturated carbocycles. The van der Waals surface area contributed by atoms with E-state index in [0.29, 0.717) is 21.3 Å². The number of para-hydroxylation sites is 3. The van der Waals surface area contributed by atoms with Crippen LogP contribution < -0.4 is 4.90 Å². The number of benzene rings is 7. The molecule has 0 N–H and O–H groups in total. The Balaban J connectivity index is 1.35. The van der Waals surface area contributed by atoms with E-state index in [9.17, 15) is 12.3 Å². The van der Waals surface area contributed by atoms with Crippen molar-refractivity contribution in [3.05, 3.63) is 182 Å². The summed E-state index contributed by atoms with van der Waals surface area (Å²) in [5, 5.41) is -0.944. The van der Waals surface area contributed by atoms with Crippen molar-refractivity contribution in [1.29, 1.82) is 0 Å². The summed E-state index contributed by atoms with van der Waals surface area (Å²) in [4.78, 5) is 14.0. The summed E-state index contributed by atoms with van der Waals surface area (Å²) in [7, 11) is 0. The third-order valence-corrected chi connectivity index (χ3v) is 8.28. The number of hydrogen-bond donors (Lipinski definition) is 0. The summed E-state index contributed by atoms with van der Waals surface area (Å²) in [5.74, 6) is 0. The van der Waals surface area contributed by atoms with Gasteiger partial charge < -0.3 is 4.90 Å². The van der Waals surface area contributed by atoms with E-state index in [1.807, 2.05) is 0 Å². The fourth-order valence-electron chi connectivity index (χ4n) is 6.05. The van der Waals surface area contributed by atoms with Gasteiger partial charge in [0.1, 0.15) is 0 Å². The Kier molecular flexibility index (Phi) is 3.39. The highest BCUT2D eigenvalue weighted by atomic mass is 15.1. The van der Waals surface area contributed by atoms with Crippen molar-refractivity contribution < 1.29 is 30.2 Å². The van der Waals surface area contributed by atoms with Gasteiger partial charge in [-0.1, -0.05) is 109 Å². The highest BCUT2D eigenvalue weighted by Gasteiger charge is 2.17. The largest absolute Gasteiger partial charge is 0.311 e. The first-order chi connectivity index (χ1) is 34.4. The maximum atomic E-state index is 9.69. The lowest BCUT2D eigenvalue weighted by atomic mass is 9.92. The predicted octanol–water partition coefficient (Wildman–Crippen LogP) is 12.4. The predicted molar refractivity (Wildman–Crippen MR) is 213 cm³/mol. The van der Waals surface area contributed by atoms with Gasteiger partial charge in [0.15, 0.2) is 0 Å². The van der Waals surface area contributed by atoms with E-state index in [1.54, 1.807) is 30.5 Å². The van der Waals surface area contributed by atoms with E-state index in [-0.39, 0.29) is 44.2 Å². The minimum atomic E-state index is -1.05. The normalized spacial score (nSPS) is 17.6. The molecule has 0 amide bonds. The number of nitrogens with zero attached hydrogens (tertiary/aromatic N) is 4. The molecule has 0 bridgehead atoms. The monoisotopic (exact) mass is 672 g/mol. The lowest BCUT2D eigenvalue weighted by Gasteiger charge is -2.25. The Morgan fingerprint density at radius 1 is 0.471 bits per heavy atom. The van der Waals surface area contributed by atoms with Crippen LogP contribution in [0.5, 0.6) is 0 Å². The Morgan fingerprint density at radius 2 is 1.24 bits per heavy atom. The molecule has 0 aliphatic rings. The minimum absolute atomic E-state index is 0.00576. The van der Waals surface area contributed by atoms with Crippen LogP contribution in [0, 0.1) is 0 Å². The van der Waals surface area contributed by atoms with Crippen LogP contribution in [0.2, 0.25) is 0 Å². The molecule has 3 heterocycles. The summed E-state index contributed by atoms with van der Waals surface area (Å²) in [6, 6.07) is -8.63. The molecule has 0 aliphatic carbocycles. The number of rotatable bonds is 5. The number of aromatic nitrogens is 3. The molecule has 3 aromatic heterocycles. The molecule has 4 nitrogen and oxygen atoms in total. The van der Waals surface area contributed by atoms with Crippen LogP contribution in [0.4, 0.5) is 17.1 Å². The Bertz CT molecular complexity index is 4150. The molecule has 0 radical (unpaired) electrons. The Hall–Kier alpha value is -6.91. The lowest BCUT2D eigenvalue weighted by molar-refractivity contribution is 1.28. The molecule has 4 heteroatoms. The van der Waals surface area contributed by atoms with E-state index in [4.69, 9.17) is 17.8 Å². The first kappa shape index (κ1) is 14.5. The molecule has 0 unspecified atom stereocenters. The summed E-state index contributed by atoms with van der Waals surface area (Å²) in [5.41, 5.74) is -3.63. The molecule has 10 aromatic rings. The van der Waals surface area contributed by atoms with Crippen molar-refractivity contribution >= 4 is 71.3 Å². The van der Waals surface area contributed by atoms with Crippen LogP contribution >= 0.6 is 0 Å². The van der Waals surface area contributed by atoms with Gasteiger partial charge in [0.05, 0.1) is 52.4 Å². The summed E-state index contributed by atoms with van der Waals surface area (Å²) in [6.07, 6.45) is 2.74. The quantitative estimate of drug-likeness (QED) is 0.171. The zero-order chi connectivity index (χ0) is 52.9. The third kappa shape index (κ3) is 4.88. The molecule has 0 aliphatic heterocycles. The standard InChI is InChI=1S/C47H30N4/c1-3-11-35(12-4-1)51(36-13-5-2-6-14-36)37-22-17-32(18-23-37)45-42-26-21-34-30-33(20-24-39(34)44(42)41-15-7-8-16-43(41)50-45)38-27-29-49-47-40(38)25-19-31-10-9-28-48-46(31)47/h1-30H/i1D,2D,3D,4D,5D,7D,8D,11D,12D,13D,14D,15D,17D,18D,20D,21D,22D,23D,24D,26D,27D,30D. The zero-order valence-electron chi connectivity index (χ0n) is 47.9. The number of fused-ring (bicyclic) bond motifs is 8. The van der Waals surface area contributed by atoms with E-state index in [1.165, 1.54) is 6.20 Å². The summed E-state index contributed by atoms with van der Waals surface area (Å²) >= 11 is 0. The van der Waals surface area contributed by atoms with Gasteiger partial charge in [-0.25, -0.2) is 4.98 Å². The van der Waals surface area contributed by atoms with Gasteiger partial charge in [-0.05, 0) is 82.4 Å². The fraction of sp³-hybridized carbons (Fsp3) is 0. The van der Waals surface area contributed by atoms with Crippen molar-refractivity contribution in [2.24, 2.45) is 0 Å². The van der Waals surface area contributed by atoms with E-state index >= 15 is 0 Å². The van der Waals surface area contributed by atoms with Crippen LogP contribution in [0.3, 0.4) is 0 Å². The maximum Gasteiger partial charge on any atom is 0.0970 e. The number of anilines is 3. The van der Waals surface area contributed by atoms with Crippen LogP contribution in [0.15, 0.2) is 182 Å². The minimum Gasteiger partial charge on any atom is -0.311 e. The highest BCUT2D eigenvalue weighted by Crippen LogP contribution is 2.41. The average molecular weight is 673 g/mol. The third-order valence-electron chi connectivity index (χ3n) is 8.28. The lowest BCUT2D eigenvalue weighted by Crippen LogP contribution is -2.09. The smallest absolute Gasteiger partial charge is 0.0970 e. The first-order valence-electron chi connectivity index (χ1n) is 26.4. The number of pyridine rings is 3. The van der Waals surface area contributed by atoms with Crippen LogP contribution in [0.25, 0.3) is 76.6 Å². The van der Waals surface area contributed by atoms with Gasteiger partial charge in [0.25, 0.3) is 0 Å². The van der Waals surface area contributed by atoms with Crippen molar-refractivity contribution in [3.8, 4) is 22.4 Å².